The maximum Gasteiger partial charge on any atom is 0.227 e. The highest BCUT2D eigenvalue weighted by Gasteiger charge is 2.18. The molecule has 3 aromatic rings. The van der Waals surface area contributed by atoms with Crippen molar-refractivity contribution >= 4 is 5.95 Å². The molecule has 2 heterocycles. The summed E-state index contributed by atoms with van der Waals surface area (Å²) in [4.78, 5) is 4.34. The molecule has 0 spiro atoms. The van der Waals surface area contributed by atoms with Gasteiger partial charge in [-0.1, -0.05) is 24.3 Å². The minimum atomic E-state index is 0.672. The number of aromatic nitrogens is 5. The fourth-order valence-corrected chi connectivity index (χ4v) is 3.11. The van der Waals surface area contributed by atoms with Crippen LogP contribution in [0.3, 0.4) is 0 Å². The molecule has 0 aliphatic heterocycles. The Morgan fingerprint density at radius 2 is 1.91 bits per heavy atom. The van der Waals surface area contributed by atoms with Gasteiger partial charge >= 0.3 is 0 Å². The highest BCUT2D eigenvalue weighted by Crippen LogP contribution is 2.31. The summed E-state index contributed by atoms with van der Waals surface area (Å²) in [6.07, 6.45) is 3.19. The minimum absolute atomic E-state index is 0.672. The first-order valence-corrected chi connectivity index (χ1v) is 7.83. The van der Waals surface area contributed by atoms with Gasteiger partial charge in [0, 0.05) is 12.6 Å². The number of hydrogen-bond donors (Lipinski definition) is 1. The summed E-state index contributed by atoms with van der Waals surface area (Å²) in [5, 5.41) is 16.4. The van der Waals surface area contributed by atoms with Crippen LogP contribution in [0.5, 0.6) is 0 Å². The van der Waals surface area contributed by atoms with E-state index in [-0.39, 0.29) is 0 Å². The lowest BCUT2D eigenvalue weighted by Gasteiger charge is -2.09. The molecule has 6 nitrogen and oxygen atoms in total. The zero-order valence-electron chi connectivity index (χ0n) is 13.2. The molecular formula is C17H18N6. The fraction of sp³-hybridized carbons (Fsp3) is 0.294. The van der Waals surface area contributed by atoms with Crippen molar-refractivity contribution in [3.63, 3.8) is 0 Å². The molecule has 0 saturated heterocycles. The predicted molar refractivity (Wildman–Crippen MR) is 88.7 cm³/mol. The molecule has 0 bridgehead atoms. The molecule has 1 aliphatic rings. The van der Waals surface area contributed by atoms with Gasteiger partial charge in [0.25, 0.3) is 0 Å². The normalized spacial score (nSPS) is 13.1. The molecule has 6 heteroatoms. The molecule has 0 unspecified atom stereocenters. The zero-order chi connectivity index (χ0) is 15.8. The topological polar surface area (TPSA) is 68.5 Å². The van der Waals surface area contributed by atoms with Gasteiger partial charge in [0.1, 0.15) is 5.82 Å². The fourth-order valence-electron chi connectivity index (χ4n) is 3.11. The Labute approximate surface area is 134 Å². The van der Waals surface area contributed by atoms with Crippen molar-refractivity contribution < 1.29 is 0 Å². The summed E-state index contributed by atoms with van der Waals surface area (Å²) in [6, 6.07) is 10.5. The van der Waals surface area contributed by atoms with Gasteiger partial charge in [-0.15, -0.1) is 15.3 Å². The lowest BCUT2D eigenvalue weighted by molar-refractivity contribution is 0.791. The molecule has 0 atom stereocenters. The van der Waals surface area contributed by atoms with Crippen LogP contribution in [0.1, 0.15) is 23.4 Å². The summed E-state index contributed by atoms with van der Waals surface area (Å²) in [5.74, 6) is 2.08. The highest BCUT2D eigenvalue weighted by atomic mass is 15.4. The second-order valence-electron chi connectivity index (χ2n) is 5.73. The quantitative estimate of drug-likeness (QED) is 0.788. The number of nitrogens with one attached hydrogen (secondary N) is 1. The van der Waals surface area contributed by atoms with E-state index in [1.807, 2.05) is 14.0 Å². The van der Waals surface area contributed by atoms with Crippen LogP contribution in [0.2, 0.25) is 0 Å². The van der Waals surface area contributed by atoms with Gasteiger partial charge in [0.05, 0.1) is 5.69 Å². The van der Waals surface area contributed by atoms with Crippen molar-refractivity contribution in [2.24, 2.45) is 0 Å². The molecule has 0 radical (unpaired) electrons. The summed E-state index contributed by atoms with van der Waals surface area (Å²) >= 11 is 0. The smallest absolute Gasteiger partial charge is 0.227 e. The lowest BCUT2D eigenvalue weighted by Crippen LogP contribution is -2.08. The van der Waals surface area contributed by atoms with Crippen LogP contribution in [0.15, 0.2) is 30.3 Å². The van der Waals surface area contributed by atoms with E-state index in [4.69, 9.17) is 0 Å². The molecule has 23 heavy (non-hydrogen) atoms. The third kappa shape index (κ3) is 2.36. The van der Waals surface area contributed by atoms with Gasteiger partial charge in [0.15, 0.2) is 5.82 Å². The van der Waals surface area contributed by atoms with Gasteiger partial charge in [-0.3, -0.25) is 0 Å². The first kappa shape index (κ1) is 13.9. The first-order valence-electron chi connectivity index (χ1n) is 7.83. The Balaban J connectivity index is 1.85. The molecule has 1 aromatic carbocycles. The van der Waals surface area contributed by atoms with Gasteiger partial charge < -0.3 is 5.32 Å². The van der Waals surface area contributed by atoms with Crippen molar-refractivity contribution in [3.05, 3.63) is 47.3 Å². The number of aryl methyl sites for hydroxylation is 3. The van der Waals surface area contributed by atoms with Crippen LogP contribution in [-0.4, -0.2) is 32.0 Å². The number of rotatable bonds is 2. The van der Waals surface area contributed by atoms with Crippen molar-refractivity contribution in [1.82, 2.24) is 25.0 Å². The minimum Gasteiger partial charge on any atom is -0.357 e. The Hall–Kier alpha value is -2.76. The van der Waals surface area contributed by atoms with Gasteiger partial charge in [-0.05, 0) is 43.4 Å². The van der Waals surface area contributed by atoms with Gasteiger partial charge in [0.2, 0.25) is 5.95 Å². The van der Waals surface area contributed by atoms with Crippen molar-refractivity contribution in [2.75, 3.05) is 12.4 Å². The number of nitrogens with zero attached hydrogens (tertiary/aromatic N) is 5. The number of anilines is 1. The third-order valence-corrected chi connectivity index (χ3v) is 4.18. The van der Waals surface area contributed by atoms with E-state index in [1.165, 1.54) is 16.7 Å². The van der Waals surface area contributed by atoms with E-state index in [1.54, 1.807) is 4.68 Å². The Kier molecular flexibility index (Phi) is 3.29. The van der Waals surface area contributed by atoms with Crippen LogP contribution in [0.25, 0.3) is 17.1 Å². The maximum atomic E-state index is 4.52. The molecule has 116 valence electrons. The second-order valence-corrected chi connectivity index (χ2v) is 5.73. The number of fused-ring (bicyclic) bond motifs is 3. The Morgan fingerprint density at radius 3 is 2.78 bits per heavy atom. The van der Waals surface area contributed by atoms with Crippen LogP contribution >= 0.6 is 0 Å². The zero-order valence-corrected chi connectivity index (χ0v) is 13.2. The molecule has 1 N–H and O–H groups in total. The molecule has 4 rings (SSSR count). The summed E-state index contributed by atoms with van der Waals surface area (Å²) in [7, 11) is 1.83. The average molecular weight is 306 g/mol. The monoisotopic (exact) mass is 306 g/mol. The molecule has 0 saturated carbocycles. The standard InChI is InChI=1S/C17H18N6/c1-11-19-17(18-2)23(22-11)15-10-13-8-5-7-12-6-3-4-9-14(12)16(13)21-20-15/h3-4,6,9-10H,5,7-8H2,1-2H3,(H,18,19,22). The molecule has 0 amide bonds. The maximum absolute atomic E-state index is 4.52. The van der Waals surface area contributed by atoms with Crippen LogP contribution in [-0.2, 0) is 12.8 Å². The molecular weight excluding hydrogens is 288 g/mol. The third-order valence-electron chi connectivity index (χ3n) is 4.18. The Morgan fingerprint density at radius 1 is 1.09 bits per heavy atom. The summed E-state index contributed by atoms with van der Waals surface area (Å²) in [6.45, 7) is 1.87. The van der Waals surface area contributed by atoms with Gasteiger partial charge in [-0.25, -0.2) is 0 Å². The van der Waals surface area contributed by atoms with Crippen LogP contribution in [0, 0.1) is 6.92 Å². The van der Waals surface area contributed by atoms with Crippen molar-refractivity contribution in [1.29, 1.82) is 0 Å². The number of hydrogen-bond acceptors (Lipinski definition) is 5. The average Bonchev–Trinajstić information content (AvgIpc) is 2.86. The predicted octanol–water partition coefficient (Wildman–Crippen LogP) is 2.56. The highest BCUT2D eigenvalue weighted by molar-refractivity contribution is 5.68. The summed E-state index contributed by atoms with van der Waals surface area (Å²) < 4.78 is 1.71. The largest absolute Gasteiger partial charge is 0.357 e. The van der Waals surface area contributed by atoms with Crippen LogP contribution in [0.4, 0.5) is 5.95 Å². The van der Waals surface area contributed by atoms with E-state index < -0.39 is 0 Å². The molecule has 2 aromatic heterocycles. The van der Waals surface area contributed by atoms with Crippen molar-refractivity contribution in [3.8, 4) is 17.1 Å². The van der Waals surface area contributed by atoms with E-state index in [0.717, 1.165) is 25.0 Å². The SMILES string of the molecule is CNc1nc(C)nn1-c1cc2c(nn1)-c1ccccc1CCC2. The number of benzene rings is 1. The molecule has 0 fully saturated rings. The van der Waals surface area contributed by atoms with Gasteiger partial charge in [-0.2, -0.15) is 9.67 Å². The summed E-state index contributed by atoms with van der Waals surface area (Å²) in [5.41, 5.74) is 4.75. The second kappa shape index (κ2) is 5.46. The lowest BCUT2D eigenvalue weighted by atomic mass is 10.0. The van der Waals surface area contributed by atoms with E-state index in [9.17, 15) is 0 Å². The Bertz CT molecular complexity index is 867. The van der Waals surface area contributed by atoms with E-state index in [0.29, 0.717) is 17.6 Å². The van der Waals surface area contributed by atoms with E-state index in [2.05, 4.69) is 55.9 Å². The first-order chi connectivity index (χ1) is 11.3. The van der Waals surface area contributed by atoms with Crippen LogP contribution < -0.4 is 5.32 Å². The molecule has 1 aliphatic carbocycles. The van der Waals surface area contributed by atoms with E-state index >= 15 is 0 Å². The van der Waals surface area contributed by atoms with Crippen molar-refractivity contribution in [2.45, 2.75) is 26.2 Å².